The third-order valence-electron chi connectivity index (χ3n) is 5.50. The van der Waals surface area contributed by atoms with E-state index < -0.39 is 30.0 Å². The number of fused-ring (bicyclic) bond motifs is 1. The number of imide groups is 1. The third kappa shape index (κ3) is 3.65. The van der Waals surface area contributed by atoms with Gasteiger partial charge < -0.3 is 10.5 Å². The number of anilines is 1. The highest BCUT2D eigenvalue weighted by Gasteiger charge is 2.49. The van der Waals surface area contributed by atoms with Crippen LogP contribution in [-0.2, 0) is 9.59 Å². The van der Waals surface area contributed by atoms with Gasteiger partial charge in [-0.3, -0.25) is 14.9 Å². The van der Waals surface area contributed by atoms with Gasteiger partial charge in [0.2, 0.25) is 11.8 Å². The maximum atomic E-state index is 12.6. The van der Waals surface area contributed by atoms with Crippen molar-refractivity contribution in [1.29, 1.82) is 0 Å². The molecule has 3 aromatic rings. The summed E-state index contributed by atoms with van der Waals surface area (Å²) in [6.07, 6.45) is 4.22. The van der Waals surface area contributed by atoms with Crippen LogP contribution in [0.3, 0.4) is 0 Å². The molecule has 3 N–H and O–H groups in total. The molecule has 1 aromatic carbocycles. The van der Waals surface area contributed by atoms with Gasteiger partial charge in [0, 0.05) is 16.0 Å². The van der Waals surface area contributed by atoms with E-state index in [9.17, 15) is 14.7 Å². The van der Waals surface area contributed by atoms with Gasteiger partial charge in [-0.2, -0.15) is 5.01 Å². The van der Waals surface area contributed by atoms with Gasteiger partial charge >= 0.3 is 0 Å². The van der Waals surface area contributed by atoms with Crippen molar-refractivity contribution < 1.29 is 14.7 Å². The number of thiophene rings is 1. The zero-order valence-corrected chi connectivity index (χ0v) is 17.2. The number of aliphatic hydroxyl groups excluding tert-OH is 1. The maximum absolute atomic E-state index is 12.6. The first kappa shape index (κ1) is 19.6. The number of hydrogen-bond acceptors (Lipinski definition) is 7. The van der Waals surface area contributed by atoms with Crippen LogP contribution in [0.2, 0.25) is 0 Å². The van der Waals surface area contributed by atoms with Crippen molar-refractivity contribution in [2.75, 3.05) is 5.43 Å². The molecule has 7 nitrogen and oxygen atoms in total. The predicted octanol–water partition coefficient (Wildman–Crippen LogP) is 2.75. The summed E-state index contributed by atoms with van der Waals surface area (Å²) < 4.78 is 0. The largest absolute Gasteiger partial charge is 0.386 e. The van der Waals surface area contributed by atoms with Crippen LogP contribution in [0.4, 0.5) is 5.82 Å². The second kappa shape index (κ2) is 8.07. The van der Waals surface area contributed by atoms with Crippen LogP contribution in [-0.4, -0.2) is 39.0 Å². The number of nitrogens with zero attached hydrogens (tertiary/aromatic N) is 2. The van der Waals surface area contributed by atoms with Gasteiger partial charge in [-0.15, -0.1) is 11.3 Å². The Morgan fingerprint density at radius 2 is 1.81 bits per heavy atom. The second-order valence-corrected chi connectivity index (χ2v) is 8.56. The van der Waals surface area contributed by atoms with E-state index in [1.54, 1.807) is 35.5 Å². The van der Waals surface area contributed by atoms with Crippen LogP contribution >= 0.6 is 11.3 Å². The molecule has 4 heterocycles. The lowest BCUT2D eigenvalue weighted by atomic mass is 9.92. The van der Waals surface area contributed by atoms with Crippen molar-refractivity contribution in [2.24, 2.45) is 5.92 Å². The SMILES string of the molecule is O=C1NC(=O)C2C1C=CC(C(O)c1ccc(-c3ccccc3)s1)N2Nc1ccccn1. The first-order valence-electron chi connectivity index (χ1n) is 9.94. The summed E-state index contributed by atoms with van der Waals surface area (Å²) in [5.74, 6) is -0.821. The molecule has 1 fully saturated rings. The molecule has 0 aliphatic carbocycles. The number of rotatable bonds is 5. The standard InChI is InChI=1S/C23H20N4O3S/c28-21(18-12-11-17(31-18)14-6-2-1-3-7-14)16-10-9-15-20(23(30)25-22(15)29)27(16)26-19-8-4-5-13-24-19/h1-13,15-16,20-21,28H,(H,24,26)(H,25,29,30). The van der Waals surface area contributed by atoms with E-state index in [0.717, 1.165) is 15.3 Å². The average Bonchev–Trinajstić information content (AvgIpc) is 3.40. The molecule has 156 valence electrons. The van der Waals surface area contributed by atoms with Gasteiger partial charge in [0.25, 0.3) is 0 Å². The van der Waals surface area contributed by atoms with Gasteiger partial charge in [0.1, 0.15) is 18.0 Å². The number of amides is 2. The molecule has 4 atom stereocenters. The topological polar surface area (TPSA) is 94.6 Å². The number of benzene rings is 1. The molecular formula is C23H20N4O3S. The summed E-state index contributed by atoms with van der Waals surface area (Å²) in [7, 11) is 0. The summed E-state index contributed by atoms with van der Waals surface area (Å²) in [6.45, 7) is 0. The summed E-state index contributed by atoms with van der Waals surface area (Å²) in [6, 6.07) is 17.9. The number of aliphatic hydroxyl groups is 1. The third-order valence-corrected chi connectivity index (χ3v) is 6.71. The van der Waals surface area contributed by atoms with E-state index in [0.29, 0.717) is 5.82 Å². The summed E-state index contributed by atoms with van der Waals surface area (Å²) in [5.41, 5.74) is 4.22. The number of pyridine rings is 1. The Labute approximate surface area is 183 Å². The summed E-state index contributed by atoms with van der Waals surface area (Å²) in [5, 5.41) is 15.3. The zero-order chi connectivity index (χ0) is 21.4. The Bertz CT molecular complexity index is 1130. The maximum Gasteiger partial charge on any atom is 0.246 e. The highest BCUT2D eigenvalue weighted by Crippen LogP contribution is 2.37. The Kier molecular flexibility index (Phi) is 5.11. The molecule has 0 spiro atoms. The van der Waals surface area contributed by atoms with Crippen molar-refractivity contribution >= 4 is 29.0 Å². The lowest BCUT2D eigenvalue weighted by Crippen LogP contribution is -2.55. The molecule has 8 heteroatoms. The van der Waals surface area contributed by atoms with E-state index in [1.807, 2.05) is 48.5 Å². The normalized spacial score (nSPS) is 24.0. The van der Waals surface area contributed by atoms with Gasteiger partial charge in [-0.1, -0.05) is 48.6 Å². The van der Waals surface area contributed by atoms with Crippen LogP contribution in [0.25, 0.3) is 10.4 Å². The number of hydrogen-bond donors (Lipinski definition) is 3. The van der Waals surface area contributed by atoms with E-state index in [2.05, 4.69) is 15.7 Å². The van der Waals surface area contributed by atoms with Crippen LogP contribution in [0.5, 0.6) is 0 Å². The predicted molar refractivity (Wildman–Crippen MR) is 118 cm³/mol. The summed E-state index contributed by atoms with van der Waals surface area (Å²) >= 11 is 1.50. The minimum atomic E-state index is -0.903. The molecule has 0 radical (unpaired) electrons. The van der Waals surface area contributed by atoms with Crippen molar-refractivity contribution in [3.05, 3.63) is 83.9 Å². The number of nitrogens with one attached hydrogen (secondary N) is 2. The number of aromatic nitrogens is 1. The molecule has 2 aliphatic heterocycles. The smallest absolute Gasteiger partial charge is 0.246 e. The minimum Gasteiger partial charge on any atom is -0.386 e. The second-order valence-electron chi connectivity index (χ2n) is 7.45. The van der Waals surface area contributed by atoms with Crippen molar-refractivity contribution in [1.82, 2.24) is 15.3 Å². The number of carbonyl (C=O) groups excluding carboxylic acids is 2. The van der Waals surface area contributed by atoms with Crippen LogP contribution < -0.4 is 10.7 Å². The van der Waals surface area contributed by atoms with Crippen LogP contribution in [0.15, 0.2) is 79.0 Å². The quantitative estimate of drug-likeness (QED) is 0.424. The average molecular weight is 433 g/mol. The van der Waals surface area contributed by atoms with Gasteiger partial charge in [-0.05, 0) is 29.8 Å². The molecule has 5 rings (SSSR count). The van der Waals surface area contributed by atoms with E-state index >= 15 is 0 Å². The van der Waals surface area contributed by atoms with E-state index in [1.165, 1.54) is 11.3 Å². The van der Waals surface area contributed by atoms with Crippen LogP contribution in [0, 0.1) is 5.92 Å². The Balaban J connectivity index is 1.48. The zero-order valence-electron chi connectivity index (χ0n) is 16.4. The minimum absolute atomic E-state index is 0.338. The molecular weight excluding hydrogens is 412 g/mol. The Morgan fingerprint density at radius 1 is 1.00 bits per heavy atom. The molecule has 2 aliphatic rings. The lowest BCUT2D eigenvalue weighted by molar-refractivity contribution is -0.126. The summed E-state index contributed by atoms with van der Waals surface area (Å²) in [4.78, 5) is 30.9. The highest BCUT2D eigenvalue weighted by molar-refractivity contribution is 7.15. The van der Waals surface area contributed by atoms with Gasteiger partial charge in [0.15, 0.2) is 0 Å². The van der Waals surface area contributed by atoms with Crippen molar-refractivity contribution in [2.45, 2.75) is 18.2 Å². The molecule has 2 amide bonds. The number of hydrazine groups is 1. The fourth-order valence-corrected chi connectivity index (χ4v) is 5.03. The fourth-order valence-electron chi connectivity index (χ4n) is 3.99. The molecule has 31 heavy (non-hydrogen) atoms. The monoisotopic (exact) mass is 432 g/mol. The van der Waals surface area contributed by atoms with Gasteiger partial charge in [0.05, 0.1) is 12.0 Å². The van der Waals surface area contributed by atoms with E-state index in [4.69, 9.17) is 0 Å². The van der Waals surface area contributed by atoms with Crippen molar-refractivity contribution in [3.8, 4) is 10.4 Å². The highest BCUT2D eigenvalue weighted by atomic mass is 32.1. The fraction of sp³-hybridized carbons (Fsp3) is 0.174. The first-order valence-corrected chi connectivity index (χ1v) is 10.8. The van der Waals surface area contributed by atoms with Crippen molar-refractivity contribution in [3.63, 3.8) is 0 Å². The molecule has 2 aromatic heterocycles. The molecule has 4 unspecified atom stereocenters. The van der Waals surface area contributed by atoms with Crippen LogP contribution in [0.1, 0.15) is 11.0 Å². The molecule has 0 saturated carbocycles. The Morgan fingerprint density at radius 3 is 2.58 bits per heavy atom. The first-order chi connectivity index (χ1) is 15.1. The Hall–Kier alpha value is -3.33. The van der Waals surface area contributed by atoms with Gasteiger partial charge in [-0.25, -0.2) is 4.98 Å². The number of carbonyl (C=O) groups is 2. The molecule has 1 saturated heterocycles. The van der Waals surface area contributed by atoms with E-state index in [-0.39, 0.29) is 5.91 Å². The lowest BCUT2D eigenvalue weighted by Gasteiger charge is -2.40. The molecule has 0 bridgehead atoms.